The van der Waals surface area contributed by atoms with Gasteiger partial charge >= 0.3 is 11.9 Å². The Morgan fingerprint density at radius 3 is 2.57 bits per heavy atom. The zero-order valence-electron chi connectivity index (χ0n) is 12.2. The number of hydrogen-bond acceptors (Lipinski definition) is 4. The highest BCUT2D eigenvalue weighted by Gasteiger charge is 2.37. The second-order valence-electron chi connectivity index (χ2n) is 5.45. The fourth-order valence-electron chi connectivity index (χ4n) is 2.75. The molecule has 1 aliphatic heterocycles. The van der Waals surface area contributed by atoms with E-state index in [-0.39, 0.29) is 31.0 Å². The van der Waals surface area contributed by atoms with Gasteiger partial charge in [0.15, 0.2) is 0 Å². The zero-order chi connectivity index (χ0) is 15.2. The molecule has 21 heavy (non-hydrogen) atoms. The van der Waals surface area contributed by atoms with Gasteiger partial charge in [0, 0.05) is 13.1 Å². The van der Waals surface area contributed by atoms with Gasteiger partial charge in [0.2, 0.25) is 0 Å². The second-order valence-corrected chi connectivity index (χ2v) is 5.45. The van der Waals surface area contributed by atoms with E-state index in [4.69, 9.17) is 4.74 Å². The third-order valence-corrected chi connectivity index (χ3v) is 3.95. The maximum atomic E-state index is 11.8. The summed E-state index contributed by atoms with van der Waals surface area (Å²) in [6.07, 6.45) is 0.812. The molecule has 2 rings (SSSR count). The highest BCUT2D eigenvalue weighted by Crippen LogP contribution is 2.26. The van der Waals surface area contributed by atoms with Gasteiger partial charge in [-0.05, 0) is 11.5 Å². The van der Waals surface area contributed by atoms with Crippen molar-refractivity contribution in [3.05, 3.63) is 35.9 Å². The summed E-state index contributed by atoms with van der Waals surface area (Å²) in [5, 5.41) is 9.18. The minimum Gasteiger partial charge on any atom is -0.481 e. The minimum atomic E-state index is -0.776. The van der Waals surface area contributed by atoms with E-state index in [2.05, 4.69) is 0 Å². The van der Waals surface area contributed by atoms with Crippen molar-refractivity contribution >= 4 is 11.9 Å². The first kappa shape index (κ1) is 15.5. The van der Waals surface area contributed by atoms with Gasteiger partial charge in [-0.15, -0.1) is 0 Å². The van der Waals surface area contributed by atoms with Gasteiger partial charge in [0.25, 0.3) is 0 Å². The van der Waals surface area contributed by atoms with Gasteiger partial charge in [0.1, 0.15) is 6.61 Å². The van der Waals surface area contributed by atoms with Crippen LogP contribution >= 0.6 is 0 Å². The molecule has 5 heteroatoms. The molecule has 1 aromatic rings. The Morgan fingerprint density at radius 2 is 2.00 bits per heavy atom. The molecule has 2 unspecified atom stereocenters. The van der Waals surface area contributed by atoms with Crippen LogP contribution in [0.3, 0.4) is 0 Å². The zero-order valence-corrected chi connectivity index (χ0v) is 12.2. The van der Waals surface area contributed by atoms with Crippen LogP contribution in [-0.2, 0) is 20.9 Å². The largest absolute Gasteiger partial charge is 0.481 e. The van der Waals surface area contributed by atoms with Crippen LogP contribution in [-0.4, -0.2) is 41.6 Å². The fraction of sp³-hybridized carbons (Fsp3) is 0.500. The Morgan fingerprint density at radius 1 is 1.29 bits per heavy atom. The summed E-state index contributed by atoms with van der Waals surface area (Å²) in [6, 6.07) is 9.50. The maximum Gasteiger partial charge on any atom is 0.320 e. The first-order valence-corrected chi connectivity index (χ1v) is 7.24. The molecular formula is C16H21NO4. The van der Waals surface area contributed by atoms with Crippen LogP contribution in [0.15, 0.2) is 30.3 Å². The summed E-state index contributed by atoms with van der Waals surface area (Å²) in [5.74, 6) is -1.34. The number of likely N-dealkylation sites (tertiary alicyclic amines) is 1. The lowest BCUT2D eigenvalue weighted by Crippen LogP contribution is -2.30. The van der Waals surface area contributed by atoms with Crippen molar-refractivity contribution in [1.29, 1.82) is 0 Å². The molecular weight excluding hydrogens is 270 g/mol. The lowest BCUT2D eigenvalue weighted by molar-refractivity contribution is -0.147. The van der Waals surface area contributed by atoms with Crippen LogP contribution in [0.25, 0.3) is 0 Å². The van der Waals surface area contributed by atoms with E-state index < -0.39 is 5.97 Å². The monoisotopic (exact) mass is 291 g/mol. The smallest absolute Gasteiger partial charge is 0.320 e. The molecule has 0 bridgehead atoms. The van der Waals surface area contributed by atoms with Gasteiger partial charge in [-0.1, -0.05) is 43.7 Å². The van der Waals surface area contributed by atoms with Crippen molar-refractivity contribution in [3.63, 3.8) is 0 Å². The number of ether oxygens (including phenoxy) is 1. The summed E-state index contributed by atoms with van der Waals surface area (Å²) < 4.78 is 5.23. The van der Waals surface area contributed by atoms with Crippen molar-refractivity contribution in [2.75, 3.05) is 19.6 Å². The lowest BCUT2D eigenvalue weighted by Gasteiger charge is -2.14. The highest BCUT2D eigenvalue weighted by molar-refractivity contribution is 5.73. The quantitative estimate of drug-likeness (QED) is 0.809. The van der Waals surface area contributed by atoms with E-state index >= 15 is 0 Å². The molecule has 1 saturated heterocycles. The molecule has 0 radical (unpaired) electrons. The van der Waals surface area contributed by atoms with Gasteiger partial charge < -0.3 is 9.84 Å². The molecule has 1 N–H and O–H groups in total. The molecule has 0 saturated carbocycles. The van der Waals surface area contributed by atoms with E-state index in [9.17, 15) is 14.7 Å². The van der Waals surface area contributed by atoms with Crippen molar-refractivity contribution in [2.24, 2.45) is 11.8 Å². The fourth-order valence-corrected chi connectivity index (χ4v) is 2.75. The van der Waals surface area contributed by atoms with Gasteiger partial charge in [0.05, 0.1) is 12.5 Å². The van der Waals surface area contributed by atoms with Crippen molar-refractivity contribution in [1.82, 2.24) is 4.90 Å². The highest BCUT2D eigenvalue weighted by atomic mass is 16.5. The molecule has 114 valence electrons. The Kier molecular flexibility index (Phi) is 5.33. The van der Waals surface area contributed by atoms with Crippen LogP contribution in [0.4, 0.5) is 0 Å². The maximum absolute atomic E-state index is 11.8. The number of carbonyl (C=O) groups excluding carboxylic acids is 1. The third kappa shape index (κ3) is 4.29. The van der Waals surface area contributed by atoms with E-state index in [1.54, 1.807) is 0 Å². The van der Waals surface area contributed by atoms with Gasteiger partial charge in [-0.2, -0.15) is 0 Å². The minimum absolute atomic E-state index is 0.115. The molecule has 0 aliphatic carbocycles. The topological polar surface area (TPSA) is 66.8 Å². The molecule has 0 amide bonds. The van der Waals surface area contributed by atoms with Crippen molar-refractivity contribution in [2.45, 2.75) is 20.0 Å². The number of hydrogen-bond donors (Lipinski definition) is 1. The second kappa shape index (κ2) is 7.22. The van der Waals surface area contributed by atoms with Crippen LogP contribution in [0.2, 0.25) is 0 Å². The van der Waals surface area contributed by atoms with Gasteiger partial charge in [-0.25, -0.2) is 0 Å². The van der Waals surface area contributed by atoms with E-state index in [1.165, 1.54) is 0 Å². The molecule has 2 atom stereocenters. The average molecular weight is 291 g/mol. The number of carbonyl (C=O) groups is 2. The number of esters is 1. The standard InChI is InChI=1S/C16H21NO4/c1-2-13-8-17(9-14(13)16(19)20)10-15(18)21-11-12-6-4-3-5-7-12/h3-7,13-14H,2,8-11H2,1H3,(H,19,20). The van der Waals surface area contributed by atoms with E-state index in [0.29, 0.717) is 13.1 Å². The number of aliphatic carboxylic acids is 1. The number of rotatable bonds is 6. The number of nitrogens with zero attached hydrogens (tertiary/aromatic N) is 1. The molecule has 1 fully saturated rings. The predicted molar refractivity (Wildman–Crippen MR) is 77.6 cm³/mol. The molecule has 0 spiro atoms. The number of carboxylic acids is 1. The molecule has 5 nitrogen and oxygen atoms in total. The molecule has 1 aliphatic rings. The number of carboxylic acid groups (broad SMARTS) is 1. The molecule has 1 heterocycles. The predicted octanol–water partition coefficient (Wildman–Crippen LogP) is 1.77. The third-order valence-electron chi connectivity index (χ3n) is 3.95. The summed E-state index contributed by atoms with van der Waals surface area (Å²) in [4.78, 5) is 24.9. The summed E-state index contributed by atoms with van der Waals surface area (Å²) >= 11 is 0. The Labute approximate surface area is 124 Å². The lowest BCUT2D eigenvalue weighted by atomic mass is 9.94. The summed E-state index contributed by atoms with van der Waals surface area (Å²) in [6.45, 7) is 3.47. The van der Waals surface area contributed by atoms with Crippen LogP contribution in [0, 0.1) is 11.8 Å². The summed E-state index contributed by atoms with van der Waals surface area (Å²) in [7, 11) is 0. The molecule has 0 aromatic heterocycles. The van der Waals surface area contributed by atoms with Crippen LogP contribution in [0.5, 0.6) is 0 Å². The van der Waals surface area contributed by atoms with Crippen molar-refractivity contribution in [3.8, 4) is 0 Å². The Hall–Kier alpha value is -1.88. The first-order valence-electron chi connectivity index (χ1n) is 7.24. The Bertz CT molecular complexity index is 488. The van der Waals surface area contributed by atoms with Gasteiger partial charge in [-0.3, -0.25) is 14.5 Å². The normalized spacial score (nSPS) is 22.1. The SMILES string of the molecule is CCC1CN(CC(=O)OCc2ccccc2)CC1C(=O)O. The van der Waals surface area contributed by atoms with Crippen molar-refractivity contribution < 1.29 is 19.4 Å². The average Bonchev–Trinajstić information content (AvgIpc) is 2.89. The Balaban J connectivity index is 1.79. The molecule has 1 aromatic carbocycles. The van der Waals surface area contributed by atoms with Crippen LogP contribution < -0.4 is 0 Å². The van der Waals surface area contributed by atoms with E-state index in [0.717, 1.165) is 12.0 Å². The summed E-state index contributed by atoms with van der Waals surface area (Å²) in [5.41, 5.74) is 0.946. The first-order chi connectivity index (χ1) is 10.1. The number of benzene rings is 1. The van der Waals surface area contributed by atoms with E-state index in [1.807, 2.05) is 42.2 Å². The van der Waals surface area contributed by atoms with Crippen LogP contribution in [0.1, 0.15) is 18.9 Å².